The minimum atomic E-state index is -1.63. The lowest BCUT2D eigenvalue weighted by Crippen LogP contribution is -2.59. The molecule has 0 saturated heterocycles. The van der Waals surface area contributed by atoms with E-state index in [-0.39, 0.29) is 25.0 Å². The predicted molar refractivity (Wildman–Crippen MR) is 167 cm³/mol. The Morgan fingerprint density at radius 1 is 0.756 bits per heavy atom. The van der Waals surface area contributed by atoms with Crippen molar-refractivity contribution in [2.75, 3.05) is 0 Å². The molecule has 0 aliphatic rings. The molecule has 12 heteroatoms. The molecule has 3 aromatic carbocycles. The van der Waals surface area contributed by atoms with Crippen LogP contribution in [-0.4, -0.2) is 74.3 Å². The number of carboxylic acid groups (broad SMARTS) is 1. The number of rotatable bonds is 14. The van der Waals surface area contributed by atoms with Gasteiger partial charge in [-0.1, -0.05) is 60.7 Å². The van der Waals surface area contributed by atoms with Crippen LogP contribution < -0.4 is 21.7 Å². The van der Waals surface area contributed by atoms with Crippen LogP contribution >= 0.6 is 0 Å². The van der Waals surface area contributed by atoms with Gasteiger partial charge in [-0.25, -0.2) is 4.79 Å². The molecule has 0 saturated carbocycles. The summed E-state index contributed by atoms with van der Waals surface area (Å²) in [6.45, 7) is 1.22. The third-order valence-electron chi connectivity index (χ3n) is 7.42. The van der Waals surface area contributed by atoms with Crippen LogP contribution in [0.4, 0.5) is 0 Å². The van der Waals surface area contributed by atoms with Gasteiger partial charge in [-0.15, -0.1) is 0 Å². The standard InChI is InChI=1S/C33H37N5O7/c1-19(39)29(33(44)45)38-32(43)28(16-21-11-13-23(40)14-12-21)37-31(42)27(15-20-7-3-2-4-8-20)36-30(41)25(34)17-22-18-35-26-10-6-5-9-24(22)26/h2-14,18-19,25,27-29,35,39-40H,15-17,34H2,1H3,(H,36,41)(H,37,42)(H,38,43)(H,44,45). The summed E-state index contributed by atoms with van der Waals surface area (Å²) in [4.78, 5) is 55.2. The van der Waals surface area contributed by atoms with E-state index in [1.807, 2.05) is 30.3 Å². The number of aromatic nitrogens is 1. The number of phenols is 1. The largest absolute Gasteiger partial charge is 0.508 e. The third kappa shape index (κ3) is 8.91. The number of benzene rings is 3. The van der Waals surface area contributed by atoms with Gasteiger partial charge in [0.2, 0.25) is 17.7 Å². The van der Waals surface area contributed by atoms with Gasteiger partial charge in [-0.2, -0.15) is 0 Å². The number of H-pyrrole nitrogens is 1. The Labute approximate surface area is 259 Å². The second kappa shape index (κ2) is 15.0. The van der Waals surface area contributed by atoms with Crippen LogP contribution in [0.3, 0.4) is 0 Å². The first-order valence-electron chi connectivity index (χ1n) is 14.5. The second-order valence-corrected chi connectivity index (χ2v) is 10.9. The van der Waals surface area contributed by atoms with E-state index in [0.717, 1.165) is 22.0 Å². The van der Waals surface area contributed by atoms with Gasteiger partial charge in [0.05, 0.1) is 12.1 Å². The van der Waals surface area contributed by atoms with Crippen LogP contribution in [0.2, 0.25) is 0 Å². The molecule has 45 heavy (non-hydrogen) atoms. The zero-order valence-corrected chi connectivity index (χ0v) is 24.6. The molecule has 3 amide bonds. The highest BCUT2D eigenvalue weighted by molar-refractivity contribution is 5.94. The molecular weight excluding hydrogens is 578 g/mol. The lowest BCUT2D eigenvalue weighted by Gasteiger charge is -2.26. The SMILES string of the molecule is CC(O)C(NC(=O)C(Cc1ccc(O)cc1)NC(=O)C(Cc1ccccc1)NC(=O)C(N)Cc1c[nH]c2ccccc12)C(=O)O. The van der Waals surface area contributed by atoms with E-state index in [1.165, 1.54) is 19.1 Å². The third-order valence-corrected chi connectivity index (χ3v) is 7.42. The molecule has 5 unspecified atom stereocenters. The molecule has 0 spiro atoms. The molecule has 0 bridgehead atoms. The first-order valence-corrected chi connectivity index (χ1v) is 14.5. The summed E-state index contributed by atoms with van der Waals surface area (Å²) in [5.74, 6) is -3.58. The van der Waals surface area contributed by atoms with Crippen molar-refractivity contribution in [1.29, 1.82) is 0 Å². The number of phenolic OH excluding ortho intramolecular Hbond substituents is 1. The highest BCUT2D eigenvalue weighted by atomic mass is 16.4. The van der Waals surface area contributed by atoms with Gasteiger partial charge in [0.25, 0.3) is 0 Å². The number of nitrogens with two attached hydrogens (primary N) is 1. The van der Waals surface area contributed by atoms with E-state index in [0.29, 0.717) is 5.56 Å². The first kappa shape index (κ1) is 32.7. The minimum absolute atomic E-state index is 0.00144. The van der Waals surface area contributed by atoms with Crippen molar-refractivity contribution < 1.29 is 34.5 Å². The number of aliphatic hydroxyl groups excluding tert-OH is 1. The van der Waals surface area contributed by atoms with Gasteiger partial charge in [0.15, 0.2) is 6.04 Å². The van der Waals surface area contributed by atoms with E-state index in [2.05, 4.69) is 20.9 Å². The van der Waals surface area contributed by atoms with Crippen LogP contribution in [0.25, 0.3) is 10.9 Å². The maximum absolute atomic E-state index is 13.8. The number of para-hydroxylation sites is 1. The summed E-state index contributed by atoms with van der Waals surface area (Å²) in [7, 11) is 0. The number of carboxylic acids is 1. The molecule has 1 heterocycles. The van der Waals surface area contributed by atoms with Crippen LogP contribution in [0, 0.1) is 0 Å². The van der Waals surface area contributed by atoms with E-state index in [9.17, 15) is 34.5 Å². The minimum Gasteiger partial charge on any atom is -0.508 e. The number of aliphatic carboxylic acids is 1. The van der Waals surface area contributed by atoms with Crippen LogP contribution in [0.5, 0.6) is 5.75 Å². The Hall–Kier alpha value is -5.20. The zero-order valence-electron chi connectivity index (χ0n) is 24.6. The number of fused-ring (bicyclic) bond motifs is 1. The van der Waals surface area contributed by atoms with Crippen LogP contribution in [0.1, 0.15) is 23.6 Å². The van der Waals surface area contributed by atoms with Crippen molar-refractivity contribution >= 4 is 34.6 Å². The Kier molecular flexibility index (Phi) is 10.9. The average molecular weight is 616 g/mol. The smallest absolute Gasteiger partial charge is 0.328 e. The zero-order chi connectivity index (χ0) is 32.5. The van der Waals surface area contributed by atoms with Crippen molar-refractivity contribution in [2.45, 2.75) is 56.5 Å². The van der Waals surface area contributed by atoms with E-state index in [1.54, 1.807) is 42.6 Å². The normalized spacial score (nSPS) is 14.5. The lowest BCUT2D eigenvalue weighted by atomic mass is 10.0. The molecule has 236 valence electrons. The van der Waals surface area contributed by atoms with Crippen molar-refractivity contribution in [3.05, 3.63) is 102 Å². The molecule has 0 fully saturated rings. The van der Waals surface area contributed by atoms with Gasteiger partial charge in [-0.05, 0) is 48.2 Å². The molecule has 9 N–H and O–H groups in total. The number of carbonyl (C=O) groups is 4. The summed E-state index contributed by atoms with van der Waals surface area (Å²) in [5.41, 5.74) is 9.34. The van der Waals surface area contributed by atoms with Gasteiger partial charge in [-0.3, -0.25) is 14.4 Å². The maximum atomic E-state index is 13.8. The quantitative estimate of drug-likeness (QED) is 0.103. The van der Waals surface area contributed by atoms with Crippen LogP contribution in [0.15, 0.2) is 85.1 Å². The molecule has 12 nitrogen and oxygen atoms in total. The fourth-order valence-corrected chi connectivity index (χ4v) is 4.96. The molecule has 0 aliphatic carbocycles. The monoisotopic (exact) mass is 615 g/mol. The summed E-state index contributed by atoms with van der Waals surface area (Å²) in [6, 6.07) is 17.5. The number of nitrogens with one attached hydrogen (secondary N) is 4. The molecule has 1 aromatic heterocycles. The predicted octanol–water partition coefficient (Wildman–Crippen LogP) is 1.15. The fraction of sp³-hybridized carbons (Fsp3) is 0.273. The Bertz CT molecular complexity index is 1620. The first-order chi connectivity index (χ1) is 21.5. The van der Waals surface area contributed by atoms with Crippen molar-refractivity contribution in [3.8, 4) is 5.75 Å². The highest BCUT2D eigenvalue weighted by Crippen LogP contribution is 2.19. The summed E-state index contributed by atoms with van der Waals surface area (Å²) < 4.78 is 0. The Balaban J connectivity index is 1.55. The number of aromatic hydroxyl groups is 1. The fourth-order valence-electron chi connectivity index (χ4n) is 4.96. The van der Waals surface area contributed by atoms with E-state index < -0.39 is 54.0 Å². The van der Waals surface area contributed by atoms with Crippen molar-refractivity contribution in [2.24, 2.45) is 5.73 Å². The molecular formula is C33H37N5O7. The average Bonchev–Trinajstić information content (AvgIpc) is 3.42. The van der Waals surface area contributed by atoms with Crippen molar-refractivity contribution in [1.82, 2.24) is 20.9 Å². The van der Waals surface area contributed by atoms with Crippen molar-refractivity contribution in [3.63, 3.8) is 0 Å². The molecule has 5 atom stereocenters. The Morgan fingerprint density at radius 2 is 1.31 bits per heavy atom. The summed E-state index contributed by atoms with van der Waals surface area (Å²) in [6.07, 6.45) is 0.584. The number of carbonyl (C=O) groups excluding carboxylic acids is 3. The molecule has 0 aliphatic heterocycles. The molecule has 4 rings (SSSR count). The molecule has 4 aromatic rings. The maximum Gasteiger partial charge on any atom is 0.328 e. The Morgan fingerprint density at radius 3 is 1.93 bits per heavy atom. The van der Waals surface area contributed by atoms with E-state index >= 15 is 0 Å². The topological polar surface area (TPSA) is 207 Å². The van der Waals surface area contributed by atoms with Gasteiger partial charge in [0.1, 0.15) is 17.8 Å². The molecule has 0 radical (unpaired) electrons. The number of aromatic amines is 1. The number of hydrogen-bond acceptors (Lipinski definition) is 7. The van der Waals surface area contributed by atoms with E-state index in [4.69, 9.17) is 5.73 Å². The van der Waals surface area contributed by atoms with Gasteiger partial charge in [0, 0.05) is 29.9 Å². The van der Waals surface area contributed by atoms with Crippen LogP contribution in [-0.2, 0) is 38.4 Å². The number of aliphatic hydroxyl groups is 1. The number of hydrogen-bond donors (Lipinski definition) is 8. The second-order valence-electron chi connectivity index (χ2n) is 10.9. The van der Waals surface area contributed by atoms with Gasteiger partial charge >= 0.3 is 5.97 Å². The van der Waals surface area contributed by atoms with Gasteiger partial charge < -0.3 is 42.0 Å². The summed E-state index contributed by atoms with van der Waals surface area (Å²) in [5, 5.41) is 37.6. The lowest BCUT2D eigenvalue weighted by molar-refractivity contribution is -0.145. The number of amides is 3. The summed E-state index contributed by atoms with van der Waals surface area (Å²) >= 11 is 0. The highest BCUT2D eigenvalue weighted by Gasteiger charge is 2.32.